The van der Waals surface area contributed by atoms with E-state index in [1.807, 2.05) is 30.9 Å². The summed E-state index contributed by atoms with van der Waals surface area (Å²) in [6, 6.07) is 4.12. The maximum absolute atomic E-state index is 5.25. The minimum atomic E-state index is 0.652. The van der Waals surface area contributed by atoms with E-state index in [1.165, 1.54) is 22.3 Å². The number of hydrogen-bond acceptors (Lipinski definition) is 4. The number of hydrogen-bond donors (Lipinski definition) is 0. The van der Waals surface area contributed by atoms with E-state index in [0.29, 0.717) is 6.61 Å². The largest absolute Gasteiger partial charge is 0.380 e. The van der Waals surface area contributed by atoms with Gasteiger partial charge in [-0.15, -0.1) is 0 Å². The average molecular weight is 269 g/mol. The number of methoxy groups -OCH3 is 1. The smallest absolute Gasteiger partial charge is 0.0730 e. The lowest BCUT2D eigenvalue weighted by Crippen LogP contribution is -2.31. The molecular weight excluding hydrogens is 250 g/mol. The molecule has 0 radical (unpaired) electrons. The number of ether oxygens (including phenoxy) is 1. The molecule has 2 aromatic rings. The molecule has 0 aliphatic carbocycles. The van der Waals surface area contributed by atoms with E-state index in [4.69, 9.17) is 4.74 Å². The SMILES string of the molecule is COCc1cncc2c1CCN(Cc1cccnc1)C2. The van der Waals surface area contributed by atoms with E-state index in [2.05, 4.69) is 20.9 Å². The van der Waals surface area contributed by atoms with E-state index in [0.717, 1.165) is 26.1 Å². The molecule has 1 aliphatic heterocycles. The molecular formula is C16H19N3O. The third kappa shape index (κ3) is 2.86. The maximum Gasteiger partial charge on any atom is 0.0730 e. The number of fused-ring (bicyclic) bond motifs is 1. The van der Waals surface area contributed by atoms with Crippen LogP contribution in [0.1, 0.15) is 22.3 Å². The van der Waals surface area contributed by atoms with Gasteiger partial charge in [-0.3, -0.25) is 14.9 Å². The van der Waals surface area contributed by atoms with Crippen LogP contribution in [0.5, 0.6) is 0 Å². The quantitative estimate of drug-likeness (QED) is 0.852. The Morgan fingerprint density at radius 2 is 2.20 bits per heavy atom. The summed E-state index contributed by atoms with van der Waals surface area (Å²) < 4.78 is 5.25. The van der Waals surface area contributed by atoms with Crippen LogP contribution in [0.15, 0.2) is 36.9 Å². The highest BCUT2D eigenvalue weighted by atomic mass is 16.5. The second-order valence-electron chi connectivity index (χ2n) is 5.19. The van der Waals surface area contributed by atoms with Crippen molar-refractivity contribution in [3.8, 4) is 0 Å². The van der Waals surface area contributed by atoms with Crippen LogP contribution in [-0.4, -0.2) is 28.5 Å². The molecule has 104 valence electrons. The number of pyridine rings is 2. The van der Waals surface area contributed by atoms with Crippen molar-refractivity contribution in [3.05, 3.63) is 59.2 Å². The van der Waals surface area contributed by atoms with Crippen molar-refractivity contribution in [3.63, 3.8) is 0 Å². The van der Waals surface area contributed by atoms with Crippen LogP contribution in [0.3, 0.4) is 0 Å². The third-order valence-corrected chi connectivity index (χ3v) is 3.74. The predicted molar refractivity (Wildman–Crippen MR) is 77.0 cm³/mol. The van der Waals surface area contributed by atoms with Gasteiger partial charge in [-0.2, -0.15) is 0 Å². The highest BCUT2D eigenvalue weighted by Gasteiger charge is 2.19. The van der Waals surface area contributed by atoms with Gasteiger partial charge in [0.05, 0.1) is 6.61 Å². The van der Waals surface area contributed by atoms with Gasteiger partial charge in [0.2, 0.25) is 0 Å². The second kappa shape index (κ2) is 6.11. The molecule has 0 saturated carbocycles. The molecule has 0 bridgehead atoms. The van der Waals surface area contributed by atoms with Crippen molar-refractivity contribution >= 4 is 0 Å². The van der Waals surface area contributed by atoms with Crippen LogP contribution in [0.4, 0.5) is 0 Å². The zero-order valence-corrected chi connectivity index (χ0v) is 11.7. The van der Waals surface area contributed by atoms with Gasteiger partial charge in [-0.1, -0.05) is 6.07 Å². The molecule has 0 fully saturated rings. The van der Waals surface area contributed by atoms with E-state index >= 15 is 0 Å². The van der Waals surface area contributed by atoms with Gasteiger partial charge in [0, 0.05) is 51.5 Å². The highest BCUT2D eigenvalue weighted by molar-refractivity contribution is 5.33. The number of nitrogens with zero attached hydrogens (tertiary/aromatic N) is 3. The van der Waals surface area contributed by atoms with E-state index < -0.39 is 0 Å². The minimum Gasteiger partial charge on any atom is -0.380 e. The molecule has 0 unspecified atom stereocenters. The summed E-state index contributed by atoms with van der Waals surface area (Å²) in [5.41, 5.74) is 5.24. The molecule has 3 rings (SSSR count). The van der Waals surface area contributed by atoms with Crippen LogP contribution >= 0.6 is 0 Å². The zero-order chi connectivity index (χ0) is 13.8. The van der Waals surface area contributed by atoms with Gasteiger partial charge in [0.1, 0.15) is 0 Å². The monoisotopic (exact) mass is 269 g/mol. The topological polar surface area (TPSA) is 38.2 Å². The lowest BCUT2D eigenvalue weighted by Gasteiger charge is -2.29. The molecule has 0 amide bonds. The van der Waals surface area contributed by atoms with Crippen molar-refractivity contribution in [1.82, 2.24) is 14.9 Å². The predicted octanol–water partition coefficient (Wildman–Crippen LogP) is 2.18. The first-order valence-electron chi connectivity index (χ1n) is 6.91. The minimum absolute atomic E-state index is 0.652. The van der Waals surface area contributed by atoms with Crippen LogP contribution < -0.4 is 0 Å². The standard InChI is InChI=1S/C16H19N3O/c1-20-12-15-9-18-8-14-11-19(6-4-16(14)15)10-13-3-2-5-17-7-13/h2-3,5,7-9H,4,6,10-12H2,1H3. The number of aromatic nitrogens is 2. The summed E-state index contributed by atoms with van der Waals surface area (Å²) in [5.74, 6) is 0. The Labute approximate surface area is 119 Å². The van der Waals surface area contributed by atoms with Gasteiger partial charge in [-0.25, -0.2) is 0 Å². The molecule has 3 heterocycles. The molecule has 4 nitrogen and oxygen atoms in total. The van der Waals surface area contributed by atoms with Gasteiger partial charge in [0.25, 0.3) is 0 Å². The lowest BCUT2D eigenvalue weighted by molar-refractivity contribution is 0.181. The van der Waals surface area contributed by atoms with Crippen molar-refractivity contribution < 1.29 is 4.74 Å². The van der Waals surface area contributed by atoms with Crippen molar-refractivity contribution in [2.75, 3.05) is 13.7 Å². The molecule has 0 aromatic carbocycles. The molecule has 0 atom stereocenters. The molecule has 0 N–H and O–H groups in total. The molecule has 0 saturated heterocycles. The lowest BCUT2D eigenvalue weighted by atomic mass is 9.97. The third-order valence-electron chi connectivity index (χ3n) is 3.74. The van der Waals surface area contributed by atoms with Crippen molar-refractivity contribution in [2.45, 2.75) is 26.1 Å². The summed E-state index contributed by atoms with van der Waals surface area (Å²) in [6.07, 6.45) is 8.74. The van der Waals surface area contributed by atoms with E-state index in [-0.39, 0.29) is 0 Å². The van der Waals surface area contributed by atoms with Crippen LogP contribution in [-0.2, 0) is 30.9 Å². The fourth-order valence-electron chi connectivity index (χ4n) is 2.79. The molecule has 2 aromatic heterocycles. The summed E-state index contributed by atoms with van der Waals surface area (Å²) in [6.45, 7) is 3.62. The normalized spacial score (nSPS) is 15.1. The van der Waals surface area contributed by atoms with Gasteiger partial charge in [0.15, 0.2) is 0 Å². The van der Waals surface area contributed by atoms with Crippen molar-refractivity contribution in [1.29, 1.82) is 0 Å². The van der Waals surface area contributed by atoms with Crippen LogP contribution in [0.2, 0.25) is 0 Å². The van der Waals surface area contributed by atoms with E-state index in [1.54, 1.807) is 7.11 Å². The number of rotatable bonds is 4. The Morgan fingerprint density at radius 1 is 1.25 bits per heavy atom. The summed E-state index contributed by atoms with van der Waals surface area (Å²) in [4.78, 5) is 11.0. The Hall–Kier alpha value is -1.78. The van der Waals surface area contributed by atoms with Crippen LogP contribution in [0.25, 0.3) is 0 Å². The maximum atomic E-state index is 5.25. The average Bonchev–Trinajstić information content (AvgIpc) is 2.49. The van der Waals surface area contributed by atoms with Crippen LogP contribution in [0, 0.1) is 0 Å². The first-order chi connectivity index (χ1) is 9.86. The second-order valence-corrected chi connectivity index (χ2v) is 5.19. The molecule has 20 heavy (non-hydrogen) atoms. The first-order valence-corrected chi connectivity index (χ1v) is 6.91. The van der Waals surface area contributed by atoms with Gasteiger partial charge < -0.3 is 4.74 Å². The Balaban J connectivity index is 1.74. The fraction of sp³-hybridized carbons (Fsp3) is 0.375. The summed E-state index contributed by atoms with van der Waals surface area (Å²) in [5, 5.41) is 0. The zero-order valence-electron chi connectivity index (χ0n) is 11.7. The molecule has 1 aliphatic rings. The Morgan fingerprint density at radius 3 is 3.00 bits per heavy atom. The first kappa shape index (κ1) is 13.2. The van der Waals surface area contributed by atoms with E-state index in [9.17, 15) is 0 Å². The summed E-state index contributed by atoms with van der Waals surface area (Å²) in [7, 11) is 1.73. The van der Waals surface area contributed by atoms with Gasteiger partial charge in [-0.05, 0) is 34.7 Å². The Bertz CT molecular complexity index is 571. The van der Waals surface area contributed by atoms with Gasteiger partial charge >= 0.3 is 0 Å². The molecule has 4 heteroatoms. The van der Waals surface area contributed by atoms with Crippen molar-refractivity contribution in [2.24, 2.45) is 0 Å². The summed E-state index contributed by atoms with van der Waals surface area (Å²) >= 11 is 0. The fourth-order valence-corrected chi connectivity index (χ4v) is 2.79. The Kier molecular flexibility index (Phi) is 4.04. The molecule has 0 spiro atoms. The highest BCUT2D eigenvalue weighted by Crippen LogP contribution is 2.23.